The first-order valence-electron chi connectivity index (χ1n) is 9.50. The van der Waals surface area contributed by atoms with Crippen LogP contribution in [0.5, 0.6) is 0 Å². The molecule has 1 aliphatic rings. The lowest BCUT2D eigenvalue weighted by Crippen LogP contribution is -2.46. The summed E-state index contributed by atoms with van der Waals surface area (Å²) < 4.78 is 3.33. The molecule has 1 heterocycles. The van der Waals surface area contributed by atoms with E-state index < -0.39 is 0 Å². The Bertz CT molecular complexity index is 860. The number of benzene rings is 1. The van der Waals surface area contributed by atoms with Crippen molar-refractivity contribution in [3.63, 3.8) is 0 Å². The van der Waals surface area contributed by atoms with Crippen molar-refractivity contribution < 1.29 is 4.79 Å². The van der Waals surface area contributed by atoms with Gasteiger partial charge in [0.25, 0.3) is 0 Å². The number of aromatic nitrogens is 2. The van der Waals surface area contributed by atoms with E-state index in [9.17, 15) is 4.79 Å². The van der Waals surface area contributed by atoms with Gasteiger partial charge in [0.1, 0.15) is 0 Å². The van der Waals surface area contributed by atoms with Gasteiger partial charge in [0, 0.05) is 6.04 Å². The summed E-state index contributed by atoms with van der Waals surface area (Å²) in [6.45, 7) is 8.53. The first-order chi connectivity index (χ1) is 12.9. The number of thioether (sulfide) groups is 1. The Morgan fingerprint density at radius 2 is 2.11 bits per heavy atom. The molecule has 1 fully saturated rings. The molecule has 0 unspecified atom stereocenters. The van der Waals surface area contributed by atoms with Crippen molar-refractivity contribution in [3.8, 4) is 5.69 Å². The van der Waals surface area contributed by atoms with Gasteiger partial charge in [0.05, 0.1) is 10.9 Å². The number of para-hydroxylation sites is 1. The van der Waals surface area contributed by atoms with Crippen LogP contribution in [0.1, 0.15) is 45.6 Å². The van der Waals surface area contributed by atoms with Crippen molar-refractivity contribution in [2.75, 3.05) is 0 Å². The molecule has 0 spiro atoms. The third-order valence-corrected chi connectivity index (χ3v) is 7.97. The number of amides is 1. The second-order valence-electron chi connectivity index (χ2n) is 7.47. The van der Waals surface area contributed by atoms with Crippen molar-refractivity contribution in [2.24, 2.45) is 11.8 Å². The van der Waals surface area contributed by atoms with Gasteiger partial charge in [-0.2, -0.15) is 0 Å². The summed E-state index contributed by atoms with van der Waals surface area (Å²) in [6.07, 6.45) is 3.53. The van der Waals surface area contributed by atoms with Gasteiger partial charge in [-0.3, -0.25) is 4.79 Å². The van der Waals surface area contributed by atoms with Crippen LogP contribution in [0.2, 0.25) is 0 Å². The third-order valence-electron chi connectivity index (χ3n) is 5.55. The van der Waals surface area contributed by atoms with Crippen LogP contribution in [0.15, 0.2) is 28.6 Å². The Morgan fingerprint density at radius 3 is 2.85 bits per heavy atom. The molecule has 146 valence electrons. The predicted octanol–water partition coefficient (Wildman–Crippen LogP) is 5.39. The standard InChI is InChI=1S/C20H27N3OS3/c1-12-9-7-10-16(14(12)3)21-18(24)15(4)26-19-22-23(20(25)27-19)17-11-6-5-8-13(17)2/h5-6,8,11-12,14-16H,7,9-10H2,1-4H3,(H,21,24)/t12-,14-,15-,16-/m0/s1. The number of nitrogens with one attached hydrogen (secondary N) is 1. The minimum absolute atomic E-state index is 0.0921. The molecular formula is C20H27N3OS3. The van der Waals surface area contributed by atoms with Gasteiger partial charge < -0.3 is 5.32 Å². The normalized spacial score (nSPS) is 23.8. The summed E-state index contributed by atoms with van der Waals surface area (Å²) in [5, 5.41) is 7.72. The lowest BCUT2D eigenvalue weighted by atomic mass is 9.78. The average molecular weight is 422 g/mol. The molecule has 0 bridgehead atoms. The van der Waals surface area contributed by atoms with E-state index in [1.54, 1.807) is 4.68 Å². The largest absolute Gasteiger partial charge is 0.352 e. The zero-order valence-electron chi connectivity index (χ0n) is 16.3. The molecular weight excluding hydrogens is 394 g/mol. The first-order valence-corrected chi connectivity index (χ1v) is 11.6. The summed E-state index contributed by atoms with van der Waals surface area (Å²) in [5.74, 6) is 1.29. The van der Waals surface area contributed by atoms with E-state index in [1.807, 2.05) is 38.1 Å². The number of nitrogens with zero attached hydrogens (tertiary/aromatic N) is 2. The summed E-state index contributed by atoms with van der Waals surface area (Å²) in [4.78, 5) is 12.7. The Hall–Kier alpha value is -1.18. The topological polar surface area (TPSA) is 46.9 Å². The molecule has 0 aliphatic heterocycles. The van der Waals surface area contributed by atoms with E-state index in [1.165, 1.54) is 35.9 Å². The van der Waals surface area contributed by atoms with Crippen molar-refractivity contribution in [2.45, 2.75) is 62.6 Å². The van der Waals surface area contributed by atoms with Crippen LogP contribution < -0.4 is 5.32 Å². The molecule has 1 amide bonds. The number of carbonyl (C=O) groups excluding carboxylic acids is 1. The molecule has 1 N–H and O–H groups in total. The summed E-state index contributed by atoms with van der Waals surface area (Å²) in [7, 11) is 0. The number of aryl methyl sites for hydroxylation is 1. The van der Waals surface area contributed by atoms with Gasteiger partial charge >= 0.3 is 0 Å². The van der Waals surface area contributed by atoms with E-state index in [0.29, 0.717) is 15.8 Å². The lowest BCUT2D eigenvalue weighted by Gasteiger charge is -2.35. The molecule has 3 rings (SSSR count). The number of hydrogen-bond donors (Lipinski definition) is 1. The highest BCUT2D eigenvalue weighted by atomic mass is 32.2. The van der Waals surface area contributed by atoms with Gasteiger partial charge in [-0.25, -0.2) is 4.68 Å². The number of rotatable bonds is 5. The van der Waals surface area contributed by atoms with Crippen LogP contribution in [0.3, 0.4) is 0 Å². The molecule has 1 aliphatic carbocycles. The molecule has 4 atom stereocenters. The Labute approximate surface area is 174 Å². The SMILES string of the molecule is Cc1ccccc1-n1nc(S[C@@H](C)C(=O)N[C@H]2CCC[C@H](C)[C@@H]2C)sc1=S. The molecule has 1 saturated carbocycles. The van der Waals surface area contributed by atoms with Crippen molar-refractivity contribution >= 4 is 41.2 Å². The predicted molar refractivity (Wildman–Crippen MR) is 116 cm³/mol. The molecule has 1 aromatic heterocycles. The first kappa shape index (κ1) is 20.6. The van der Waals surface area contributed by atoms with Crippen LogP contribution in [-0.4, -0.2) is 27.0 Å². The maximum atomic E-state index is 12.7. The van der Waals surface area contributed by atoms with Crippen LogP contribution in [0.25, 0.3) is 5.69 Å². The monoisotopic (exact) mass is 421 g/mol. The molecule has 4 nitrogen and oxygen atoms in total. The summed E-state index contributed by atoms with van der Waals surface area (Å²) in [6, 6.07) is 8.34. The zero-order chi connectivity index (χ0) is 19.6. The second-order valence-corrected chi connectivity index (χ2v) is 10.7. The molecule has 0 saturated heterocycles. The summed E-state index contributed by atoms with van der Waals surface area (Å²) in [5.41, 5.74) is 2.12. The van der Waals surface area contributed by atoms with Gasteiger partial charge in [0.15, 0.2) is 8.29 Å². The highest BCUT2D eigenvalue weighted by molar-refractivity contribution is 8.02. The second kappa shape index (κ2) is 8.88. The van der Waals surface area contributed by atoms with E-state index in [0.717, 1.165) is 22.0 Å². The fraction of sp³-hybridized carbons (Fsp3) is 0.550. The number of hydrogen-bond acceptors (Lipinski definition) is 5. The van der Waals surface area contributed by atoms with Gasteiger partial charge in [-0.05, 0) is 56.0 Å². The van der Waals surface area contributed by atoms with E-state index in [-0.39, 0.29) is 17.2 Å². The van der Waals surface area contributed by atoms with Gasteiger partial charge in [-0.1, -0.05) is 68.0 Å². The van der Waals surface area contributed by atoms with Crippen LogP contribution in [0, 0.1) is 22.7 Å². The quantitative estimate of drug-likeness (QED) is 0.519. The van der Waals surface area contributed by atoms with E-state index >= 15 is 0 Å². The van der Waals surface area contributed by atoms with E-state index in [2.05, 4.69) is 24.3 Å². The highest BCUT2D eigenvalue weighted by Crippen LogP contribution is 2.31. The molecule has 0 radical (unpaired) electrons. The molecule has 27 heavy (non-hydrogen) atoms. The third kappa shape index (κ3) is 4.81. The zero-order valence-corrected chi connectivity index (χ0v) is 18.7. The highest BCUT2D eigenvalue weighted by Gasteiger charge is 2.29. The van der Waals surface area contributed by atoms with Gasteiger partial charge in [0.2, 0.25) is 5.91 Å². The fourth-order valence-electron chi connectivity index (χ4n) is 3.55. The smallest absolute Gasteiger partial charge is 0.233 e. The molecule has 7 heteroatoms. The van der Waals surface area contributed by atoms with Crippen molar-refractivity contribution in [1.82, 2.24) is 15.1 Å². The Kier molecular flexibility index (Phi) is 6.76. The minimum Gasteiger partial charge on any atom is -0.352 e. The maximum absolute atomic E-state index is 12.7. The fourth-order valence-corrected chi connectivity index (χ4v) is 6.05. The van der Waals surface area contributed by atoms with Crippen LogP contribution in [0.4, 0.5) is 0 Å². The molecule has 2 aromatic rings. The molecule has 1 aromatic carbocycles. The van der Waals surface area contributed by atoms with Crippen LogP contribution >= 0.6 is 35.3 Å². The van der Waals surface area contributed by atoms with Crippen molar-refractivity contribution in [3.05, 3.63) is 33.8 Å². The van der Waals surface area contributed by atoms with Crippen LogP contribution in [-0.2, 0) is 4.79 Å². The Morgan fingerprint density at radius 1 is 1.37 bits per heavy atom. The minimum atomic E-state index is -0.194. The Balaban J connectivity index is 1.67. The lowest BCUT2D eigenvalue weighted by molar-refractivity contribution is -0.121. The number of carbonyl (C=O) groups is 1. The summed E-state index contributed by atoms with van der Waals surface area (Å²) >= 11 is 8.44. The van der Waals surface area contributed by atoms with Crippen molar-refractivity contribution in [1.29, 1.82) is 0 Å². The van der Waals surface area contributed by atoms with E-state index in [4.69, 9.17) is 12.2 Å². The average Bonchev–Trinajstić information content (AvgIpc) is 2.99. The van der Waals surface area contributed by atoms with Gasteiger partial charge in [-0.15, -0.1) is 5.10 Å². The maximum Gasteiger partial charge on any atom is 0.233 e.